The van der Waals surface area contributed by atoms with Gasteiger partial charge in [-0.15, -0.1) is 0 Å². The Balaban J connectivity index is 2.36. The summed E-state index contributed by atoms with van der Waals surface area (Å²) in [5, 5.41) is 8.82. The van der Waals surface area contributed by atoms with Crippen molar-refractivity contribution >= 4 is 15.7 Å². The number of hydrogen-bond donors (Lipinski definition) is 3. The number of H-pyrrole nitrogens is 1. The molecule has 1 heterocycles. The molecule has 0 aliphatic rings. The number of nitrogens with one attached hydrogen (secondary N) is 2. The molecule has 9 heteroatoms. The molecular weight excluding hydrogens is 297 g/mol. The van der Waals surface area contributed by atoms with Crippen LogP contribution < -0.4 is 4.72 Å². The summed E-state index contributed by atoms with van der Waals surface area (Å²) in [7, 11) is -4.18. The van der Waals surface area contributed by atoms with E-state index in [0.717, 1.165) is 18.3 Å². The minimum Gasteiger partial charge on any atom is -0.390 e. The number of hydrogen-bond acceptors (Lipinski definition) is 3. The predicted molar refractivity (Wildman–Crippen MR) is 63.8 cm³/mol. The first-order valence-electron chi connectivity index (χ1n) is 5.29. The van der Waals surface area contributed by atoms with Gasteiger partial charge in [0.1, 0.15) is 4.90 Å². The van der Waals surface area contributed by atoms with Gasteiger partial charge >= 0.3 is 0 Å². The van der Waals surface area contributed by atoms with Gasteiger partial charge in [0, 0.05) is 11.9 Å². The lowest BCUT2D eigenvalue weighted by Gasteiger charge is -2.08. The third-order valence-corrected chi connectivity index (χ3v) is 3.82. The second kappa shape index (κ2) is 5.17. The highest BCUT2D eigenvalue weighted by molar-refractivity contribution is 7.92. The third kappa shape index (κ3) is 2.63. The van der Waals surface area contributed by atoms with Crippen LogP contribution in [0.25, 0.3) is 0 Å². The second-order valence-electron chi connectivity index (χ2n) is 3.85. The Kier molecular flexibility index (Phi) is 3.73. The van der Waals surface area contributed by atoms with Crippen LogP contribution in [0.3, 0.4) is 0 Å². The van der Waals surface area contributed by atoms with Crippen LogP contribution in [0.1, 0.15) is 5.69 Å². The van der Waals surface area contributed by atoms with Crippen LogP contribution in [0, 0.1) is 17.5 Å². The first kappa shape index (κ1) is 14.4. The summed E-state index contributed by atoms with van der Waals surface area (Å²) in [6, 6.07) is 2.50. The van der Waals surface area contributed by atoms with Crippen LogP contribution in [-0.4, -0.2) is 18.5 Å². The van der Waals surface area contributed by atoms with E-state index in [1.54, 1.807) is 4.72 Å². The molecular formula is C11H9F3N2O3S. The Morgan fingerprint density at radius 3 is 2.50 bits per heavy atom. The molecule has 0 bridgehead atoms. The van der Waals surface area contributed by atoms with Crippen LogP contribution in [-0.2, 0) is 16.6 Å². The molecule has 2 aromatic rings. The largest absolute Gasteiger partial charge is 0.390 e. The van der Waals surface area contributed by atoms with Gasteiger partial charge in [-0.05, 0) is 18.2 Å². The number of rotatable bonds is 4. The number of aromatic amines is 1. The lowest BCUT2D eigenvalue weighted by Crippen LogP contribution is -2.14. The molecule has 0 aliphatic heterocycles. The van der Waals surface area contributed by atoms with Crippen LogP contribution in [0.2, 0.25) is 0 Å². The molecule has 0 radical (unpaired) electrons. The van der Waals surface area contributed by atoms with Crippen molar-refractivity contribution in [1.82, 2.24) is 4.98 Å². The smallest absolute Gasteiger partial charge is 0.263 e. The van der Waals surface area contributed by atoms with E-state index in [4.69, 9.17) is 5.11 Å². The first-order chi connectivity index (χ1) is 9.35. The fourth-order valence-electron chi connectivity index (χ4n) is 1.47. The molecule has 0 saturated carbocycles. The monoisotopic (exact) mass is 306 g/mol. The molecule has 0 amide bonds. The van der Waals surface area contributed by atoms with E-state index >= 15 is 0 Å². The number of anilines is 1. The van der Waals surface area contributed by atoms with E-state index < -0.39 is 39.8 Å². The average Bonchev–Trinajstić information content (AvgIpc) is 2.89. The quantitative estimate of drug-likeness (QED) is 0.752. The van der Waals surface area contributed by atoms with E-state index in [-0.39, 0.29) is 10.6 Å². The molecule has 1 aromatic carbocycles. The van der Waals surface area contributed by atoms with Crippen molar-refractivity contribution in [3.05, 3.63) is 47.5 Å². The van der Waals surface area contributed by atoms with Crippen LogP contribution in [0.4, 0.5) is 18.9 Å². The van der Waals surface area contributed by atoms with Crippen LogP contribution >= 0.6 is 0 Å². The lowest BCUT2D eigenvalue weighted by atomic mass is 10.3. The lowest BCUT2D eigenvalue weighted by molar-refractivity contribution is 0.277. The maximum Gasteiger partial charge on any atom is 0.263 e. The molecule has 108 valence electrons. The summed E-state index contributed by atoms with van der Waals surface area (Å²) in [6.07, 6.45) is 1.08. The fraction of sp³-hybridized carbons (Fsp3) is 0.0909. The van der Waals surface area contributed by atoms with Gasteiger partial charge < -0.3 is 10.1 Å². The highest BCUT2D eigenvalue weighted by atomic mass is 32.2. The number of aromatic nitrogens is 1. The number of aliphatic hydroxyl groups excluding tert-OH is 1. The molecule has 0 fully saturated rings. The van der Waals surface area contributed by atoms with Crippen LogP contribution in [0.15, 0.2) is 29.3 Å². The van der Waals surface area contributed by atoms with Crippen molar-refractivity contribution in [3.8, 4) is 0 Å². The number of sulfonamides is 1. The van der Waals surface area contributed by atoms with E-state index in [1.165, 1.54) is 0 Å². The molecule has 20 heavy (non-hydrogen) atoms. The third-order valence-electron chi connectivity index (χ3n) is 2.48. The van der Waals surface area contributed by atoms with E-state index in [1.807, 2.05) is 0 Å². The van der Waals surface area contributed by atoms with Gasteiger partial charge in [0.2, 0.25) is 0 Å². The Hall–Kier alpha value is -2.00. The Bertz CT molecular complexity index is 743. The van der Waals surface area contributed by atoms with Gasteiger partial charge in [0.25, 0.3) is 10.0 Å². The van der Waals surface area contributed by atoms with Crippen molar-refractivity contribution in [2.75, 3.05) is 4.72 Å². The number of halogens is 3. The van der Waals surface area contributed by atoms with Gasteiger partial charge in [0.05, 0.1) is 12.3 Å². The predicted octanol–water partition coefficient (Wildman–Crippen LogP) is 1.73. The van der Waals surface area contributed by atoms with E-state index in [9.17, 15) is 21.6 Å². The zero-order valence-electron chi connectivity index (χ0n) is 9.82. The summed E-state index contributed by atoms with van der Waals surface area (Å²) in [4.78, 5) is 2.21. The summed E-state index contributed by atoms with van der Waals surface area (Å²) in [5.41, 5.74) is -0.480. The zero-order chi connectivity index (χ0) is 14.9. The topological polar surface area (TPSA) is 82.2 Å². The van der Waals surface area contributed by atoms with Crippen molar-refractivity contribution in [3.63, 3.8) is 0 Å². The highest BCUT2D eigenvalue weighted by Crippen LogP contribution is 2.23. The SMILES string of the molecule is O=S(=O)(Nc1ccc(F)c(F)c1F)c1c[nH]c(CO)c1. The standard InChI is InChI=1S/C11H9F3N2O3S/c12-8-1-2-9(11(14)10(8)13)16-20(18,19)7-3-6(5-17)15-4-7/h1-4,15-17H,5H2. The van der Waals surface area contributed by atoms with E-state index in [0.29, 0.717) is 6.07 Å². The molecule has 0 spiro atoms. The van der Waals surface area contributed by atoms with Crippen LogP contribution in [0.5, 0.6) is 0 Å². The van der Waals surface area contributed by atoms with Crippen molar-refractivity contribution in [1.29, 1.82) is 0 Å². The molecule has 0 unspecified atom stereocenters. The molecule has 3 N–H and O–H groups in total. The van der Waals surface area contributed by atoms with Gasteiger partial charge in [-0.25, -0.2) is 21.6 Å². The molecule has 0 saturated heterocycles. The fourth-order valence-corrected chi connectivity index (χ4v) is 2.55. The molecule has 0 atom stereocenters. The zero-order valence-corrected chi connectivity index (χ0v) is 10.6. The summed E-state index contributed by atoms with van der Waals surface area (Å²) < 4.78 is 64.7. The number of aliphatic hydroxyl groups is 1. The maximum atomic E-state index is 13.4. The van der Waals surface area contributed by atoms with Crippen molar-refractivity contribution < 1.29 is 26.7 Å². The molecule has 1 aromatic heterocycles. The molecule has 5 nitrogen and oxygen atoms in total. The minimum absolute atomic E-state index is 0.233. The van der Waals surface area contributed by atoms with Crippen molar-refractivity contribution in [2.45, 2.75) is 11.5 Å². The Morgan fingerprint density at radius 2 is 1.90 bits per heavy atom. The second-order valence-corrected chi connectivity index (χ2v) is 5.53. The van der Waals surface area contributed by atoms with Gasteiger partial charge in [-0.1, -0.05) is 0 Å². The Morgan fingerprint density at radius 1 is 1.20 bits per heavy atom. The normalized spacial score (nSPS) is 11.6. The maximum absolute atomic E-state index is 13.4. The van der Waals surface area contributed by atoms with Gasteiger partial charge in [-0.3, -0.25) is 4.72 Å². The summed E-state index contributed by atoms with van der Waals surface area (Å²) >= 11 is 0. The summed E-state index contributed by atoms with van der Waals surface area (Å²) in [6.45, 7) is -0.408. The Labute approximate surface area is 112 Å². The van der Waals surface area contributed by atoms with Gasteiger partial charge in [0.15, 0.2) is 17.5 Å². The average molecular weight is 306 g/mol. The van der Waals surface area contributed by atoms with E-state index in [2.05, 4.69) is 4.98 Å². The molecule has 0 aliphatic carbocycles. The van der Waals surface area contributed by atoms with Crippen molar-refractivity contribution in [2.24, 2.45) is 0 Å². The van der Waals surface area contributed by atoms with Gasteiger partial charge in [-0.2, -0.15) is 0 Å². The first-order valence-corrected chi connectivity index (χ1v) is 6.78. The summed E-state index contributed by atoms with van der Waals surface area (Å²) in [5.74, 6) is -4.82. The minimum atomic E-state index is -4.18. The highest BCUT2D eigenvalue weighted by Gasteiger charge is 2.20. The number of benzene rings is 1. The molecule has 2 rings (SSSR count).